The maximum absolute atomic E-state index is 12.5. The van der Waals surface area contributed by atoms with E-state index in [0.29, 0.717) is 14.8 Å². The van der Waals surface area contributed by atoms with Crippen LogP contribution in [-0.2, 0) is 5.54 Å². The molecule has 1 aliphatic rings. The maximum Gasteiger partial charge on any atom is 0.283 e. The van der Waals surface area contributed by atoms with Crippen molar-refractivity contribution >= 4 is 34.5 Å². The van der Waals surface area contributed by atoms with E-state index in [1.807, 2.05) is 24.3 Å². The minimum atomic E-state index is -0.457. The summed E-state index contributed by atoms with van der Waals surface area (Å²) in [5.41, 5.74) is 0.618. The molecule has 120 valence electrons. The Labute approximate surface area is 142 Å². The van der Waals surface area contributed by atoms with E-state index in [1.54, 1.807) is 6.92 Å². The van der Waals surface area contributed by atoms with Gasteiger partial charge in [0.15, 0.2) is 0 Å². The van der Waals surface area contributed by atoms with Gasteiger partial charge in [-0.25, -0.2) is 0 Å². The molecule has 1 amide bonds. The zero-order chi connectivity index (χ0) is 16.6. The number of hydrogen-bond donors (Lipinski definition) is 1. The maximum atomic E-state index is 12.5. The summed E-state index contributed by atoms with van der Waals surface area (Å²) in [5, 5.41) is 14.7. The Morgan fingerprint density at radius 1 is 1.35 bits per heavy atom. The van der Waals surface area contributed by atoms with Crippen molar-refractivity contribution in [1.29, 1.82) is 0 Å². The molecule has 1 heterocycles. The number of nitrogens with one attached hydrogen (secondary N) is 1. The Balaban J connectivity index is 1.84. The van der Waals surface area contributed by atoms with Crippen molar-refractivity contribution in [2.24, 2.45) is 0 Å². The van der Waals surface area contributed by atoms with Gasteiger partial charge < -0.3 is 5.32 Å². The van der Waals surface area contributed by atoms with Crippen LogP contribution in [0, 0.1) is 17.0 Å². The number of amides is 1. The number of carbonyl (C=O) groups excluding carboxylic acids is 1. The number of aryl methyl sites for hydroxylation is 1. The van der Waals surface area contributed by atoms with Crippen molar-refractivity contribution in [3.63, 3.8) is 0 Å². The highest BCUT2D eigenvalue weighted by molar-refractivity contribution is 7.14. The molecule has 0 saturated heterocycles. The molecule has 7 heteroatoms. The third-order valence-corrected chi connectivity index (χ3v) is 5.56. The molecular formula is C16H15ClN2O3S. The lowest BCUT2D eigenvalue weighted by molar-refractivity contribution is -0.385. The van der Waals surface area contributed by atoms with Crippen LogP contribution in [0.4, 0.5) is 5.69 Å². The normalized spacial score (nSPS) is 15.7. The monoisotopic (exact) mass is 350 g/mol. The van der Waals surface area contributed by atoms with Crippen molar-refractivity contribution < 1.29 is 9.72 Å². The smallest absolute Gasteiger partial charge is 0.283 e. The van der Waals surface area contributed by atoms with Crippen LogP contribution in [0.1, 0.15) is 39.4 Å². The number of thiophene rings is 1. The second-order valence-electron chi connectivity index (χ2n) is 5.71. The third kappa shape index (κ3) is 2.96. The minimum Gasteiger partial charge on any atom is -0.342 e. The topological polar surface area (TPSA) is 72.2 Å². The van der Waals surface area contributed by atoms with Crippen molar-refractivity contribution in [3.05, 3.63) is 60.8 Å². The van der Waals surface area contributed by atoms with Gasteiger partial charge >= 0.3 is 0 Å². The fraction of sp³-hybridized carbons (Fsp3) is 0.312. The Morgan fingerprint density at radius 3 is 2.48 bits per heavy atom. The molecule has 1 aromatic heterocycles. The summed E-state index contributed by atoms with van der Waals surface area (Å²) in [6.07, 6.45) is 2.74. The number of nitrogens with zero attached hydrogens (tertiary/aromatic N) is 1. The molecule has 2 aromatic rings. The molecule has 0 unspecified atom stereocenters. The summed E-state index contributed by atoms with van der Waals surface area (Å²) in [6, 6.07) is 8.81. The Kier molecular flexibility index (Phi) is 4.12. The third-order valence-electron chi connectivity index (χ3n) is 4.27. The molecule has 0 radical (unpaired) electrons. The van der Waals surface area contributed by atoms with Gasteiger partial charge in [0.25, 0.3) is 11.6 Å². The second kappa shape index (κ2) is 5.94. The second-order valence-corrected chi connectivity index (χ2v) is 7.40. The minimum absolute atomic E-state index is 0.00528. The Hall–Kier alpha value is -1.92. The first-order valence-electron chi connectivity index (χ1n) is 7.25. The van der Waals surface area contributed by atoms with E-state index in [4.69, 9.17) is 11.6 Å². The molecule has 3 rings (SSSR count). The van der Waals surface area contributed by atoms with E-state index in [1.165, 1.54) is 6.07 Å². The van der Waals surface area contributed by atoms with Gasteiger partial charge in [0.2, 0.25) is 0 Å². The number of hydrogen-bond acceptors (Lipinski definition) is 4. The molecule has 5 nitrogen and oxygen atoms in total. The van der Waals surface area contributed by atoms with Gasteiger partial charge in [-0.15, -0.1) is 11.3 Å². The molecule has 0 atom stereocenters. The predicted molar refractivity (Wildman–Crippen MR) is 90.2 cm³/mol. The number of rotatable bonds is 4. The van der Waals surface area contributed by atoms with Crippen LogP contribution in [0.5, 0.6) is 0 Å². The first-order valence-corrected chi connectivity index (χ1v) is 8.44. The van der Waals surface area contributed by atoms with Gasteiger partial charge in [-0.3, -0.25) is 14.9 Å². The average Bonchev–Trinajstić information content (AvgIpc) is 2.86. The predicted octanol–water partition coefficient (Wildman–Crippen LogP) is 4.43. The SMILES string of the molecule is Cc1sc(C(=O)NC2(c3ccc(Cl)cc3)CCC2)cc1[N+](=O)[O-]. The van der Waals surface area contributed by atoms with Crippen LogP contribution in [0.2, 0.25) is 5.02 Å². The van der Waals surface area contributed by atoms with Crippen molar-refractivity contribution in [2.75, 3.05) is 0 Å². The standard InChI is InChI=1S/C16H15ClN2O3S/c1-10-13(19(21)22)9-14(23-10)15(20)18-16(7-2-8-16)11-3-5-12(17)6-4-11/h3-6,9H,2,7-8H2,1H3,(H,18,20). The first-order chi connectivity index (χ1) is 10.9. The van der Waals surface area contributed by atoms with Crippen LogP contribution in [0.25, 0.3) is 0 Å². The van der Waals surface area contributed by atoms with Crippen LogP contribution in [-0.4, -0.2) is 10.8 Å². The summed E-state index contributed by atoms with van der Waals surface area (Å²) in [6.45, 7) is 1.65. The van der Waals surface area contributed by atoms with Gasteiger partial charge in [0, 0.05) is 11.1 Å². The van der Waals surface area contributed by atoms with E-state index in [0.717, 1.165) is 36.2 Å². The molecule has 1 saturated carbocycles. The molecule has 23 heavy (non-hydrogen) atoms. The van der Waals surface area contributed by atoms with Gasteiger partial charge in [0.05, 0.1) is 20.2 Å². The van der Waals surface area contributed by atoms with Gasteiger partial charge in [-0.2, -0.15) is 0 Å². The van der Waals surface area contributed by atoms with Crippen LogP contribution in [0.3, 0.4) is 0 Å². The average molecular weight is 351 g/mol. The number of benzene rings is 1. The number of halogens is 1. The molecule has 1 aliphatic carbocycles. The van der Waals surface area contributed by atoms with E-state index in [9.17, 15) is 14.9 Å². The highest BCUT2D eigenvalue weighted by Gasteiger charge is 2.40. The zero-order valence-electron chi connectivity index (χ0n) is 12.5. The largest absolute Gasteiger partial charge is 0.342 e. The van der Waals surface area contributed by atoms with Gasteiger partial charge in [0.1, 0.15) is 0 Å². The Morgan fingerprint density at radius 2 is 2.00 bits per heavy atom. The highest BCUT2D eigenvalue weighted by Crippen LogP contribution is 2.42. The molecule has 1 aromatic carbocycles. The summed E-state index contributed by atoms with van der Waals surface area (Å²) in [4.78, 5) is 23.9. The van der Waals surface area contributed by atoms with Crippen LogP contribution >= 0.6 is 22.9 Å². The highest BCUT2D eigenvalue weighted by atomic mass is 35.5. The molecule has 1 N–H and O–H groups in total. The van der Waals surface area contributed by atoms with Crippen molar-refractivity contribution in [3.8, 4) is 0 Å². The van der Waals surface area contributed by atoms with E-state index in [-0.39, 0.29) is 11.6 Å². The molecule has 0 spiro atoms. The summed E-state index contributed by atoms with van der Waals surface area (Å²) >= 11 is 7.07. The van der Waals surface area contributed by atoms with E-state index >= 15 is 0 Å². The van der Waals surface area contributed by atoms with Gasteiger partial charge in [-0.05, 0) is 43.9 Å². The number of nitro groups is 1. The van der Waals surface area contributed by atoms with Crippen LogP contribution in [0.15, 0.2) is 30.3 Å². The summed E-state index contributed by atoms with van der Waals surface area (Å²) in [5.74, 6) is -0.263. The van der Waals surface area contributed by atoms with Crippen molar-refractivity contribution in [1.82, 2.24) is 5.32 Å². The molecule has 1 fully saturated rings. The lowest BCUT2D eigenvalue weighted by atomic mass is 9.72. The van der Waals surface area contributed by atoms with E-state index in [2.05, 4.69) is 5.32 Å². The van der Waals surface area contributed by atoms with Crippen LogP contribution < -0.4 is 5.32 Å². The molecule has 0 bridgehead atoms. The molecule has 0 aliphatic heterocycles. The van der Waals surface area contributed by atoms with Crippen molar-refractivity contribution in [2.45, 2.75) is 31.7 Å². The summed E-state index contributed by atoms with van der Waals surface area (Å²) in [7, 11) is 0. The fourth-order valence-electron chi connectivity index (χ4n) is 2.83. The quantitative estimate of drug-likeness (QED) is 0.655. The van der Waals surface area contributed by atoms with E-state index < -0.39 is 10.5 Å². The summed E-state index contributed by atoms with van der Waals surface area (Å²) < 4.78 is 0. The Bertz CT molecular complexity index is 766. The lowest BCUT2D eigenvalue weighted by Crippen LogP contribution is -2.50. The molecular weight excluding hydrogens is 336 g/mol. The fourth-order valence-corrected chi connectivity index (χ4v) is 3.84. The van der Waals surface area contributed by atoms with Gasteiger partial charge in [-0.1, -0.05) is 23.7 Å². The first kappa shape index (κ1) is 16.0. The lowest BCUT2D eigenvalue weighted by Gasteiger charge is -2.43. The zero-order valence-corrected chi connectivity index (χ0v) is 14.0. The number of carbonyl (C=O) groups is 1.